The minimum atomic E-state index is -5.25. The molecule has 4 rings (SSSR count). The number of anilines is 1. The van der Waals surface area contributed by atoms with Crippen LogP contribution in [0, 0.1) is 11.3 Å². The minimum Gasteiger partial charge on any atom is -0.390 e. The molecule has 2 aromatic heterocycles. The van der Waals surface area contributed by atoms with Gasteiger partial charge in [-0.2, -0.15) is 0 Å². The van der Waals surface area contributed by atoms with Crippen LogP contribution in [0.5, 0.6) is 0 Å². The molecule has 0 aromatic carbocycles. The first-order valence-corrected chi connectivity index (χ1v) is 14.1. The fourth-order valence-corrected chi connectivity index (χ4v) is 8.68. The maximum Gasteiger partial charge on any atom is 0.479 e. The van der Waals surface area contributed by atoms with E-state index in [4.69, 9.17) is 20.0 Å². The Hall–Kier alpha value is -1.28. The van der Waals surface area contributed by atoms with E-state index >= 15 is 0 Å². The number of aliphatic hydroxyl groups excluding tert-OH is 2. The largest absolute Gasteiger partial charge is 0.479 e. The first-order chi connectivity index (χ1) is 14.7. The summed E-state index contributed by atoms with van der Waals surface area (Å²) in [5.41, 5.74) is 5.19. The third-order valence-electron chi connectivity index (χ3n) is 5.65. The fourth-order valence-electron chi connectivity index (χ4n) is 4.26. The molecule has 2 heterocycles. The van der Waals surface area contributed by atoms with Gasteiger partial charge in [-0.1, -0.05) is 0 Å². The van der Waals surface area contributed by atoms with Crippen LogP contribution < -0.4 is 5.73 Å². The summed E-state index contributed by atoms with van der Waals surface area (Å²) in [7, 11) is -15.4. The lowest BCUT2D eigenvalue weighted by Gasteiger charge is -2.24. The molecule has 8 N–H and O–H groups in total. The smallest absolute Gasteiger partial charge is 0.390 e. The van der Waals surface area contributed by atoms with E-state index in [2.05, 4.69) is 19.3 Å². The van der Waals surface area contributed by atoms with Crippen LogP contribution in [0.4, 0.5) is 5.82 Å². The number of phosphoric ester groups is 1. The maximum atomic E-state index is 12.1. The zero-order valence-electron chi connectivity index (χ0n) is 16.0. The summed E-state index contributed by atoms with van der Waals surface area (Å²) in [6, 6.07) is -0.731. The van der Waals surface area contributed by atoms with Gasteiger partial charge in [-0.15, -0.1) is 0 Å². The van der Waals surface area contributed by atoms with Gasteiger partial charge in [-0.05, 0) is 12.3 Å². The predicted octanol–water partition coefficient (Wildman–Crippen LogP) is -0.855. The van der Waals surface area contributed by atoms with Crippen molar-refractivity contribution in [2.45, 2.75) is 24.7 Å². The molecule has 0 bridgehead atoms. The summed E-state index contributed by atoms with van der Waals surface area (Å²) >= 11 is 0. The highest BCUT2D eigenvalue weighted by Gasteiger charge is 2.72. The third-order valence-corrected chi connectivity index (χ3v) is 10.9. The molecular formula is C13H20N5O11P3. The van der Waals surface area contributed by atoms with Gasteiger partial charge in [0.15, 0.2) is 17.4 Å². The van der Waals surface area contributed by atoms with E-state index in [0.717, 1.165) is 0 Å². The number of hydrogen-bond donors (Lipinski definition) is 7. The molecule has 32 heavy (non-hydrogen) atoms. The van der Waals surface area contributed by atoms with Gasteiger partial charge in [-0.3, -0.25) is 13.7 Å². The van der Waals surface area contributed by atoms with E-state index in [1.54, 1.807) is 0 Å². The van der Waals surface area contributed by atoms with Crippen LogP contribution in [0.15, 0.2) is 12.7 Å². The molecule has 2 aromatic rings. The molecule has 2 unspecified atom stereocenters. The number of aliphatic hydroxyl groups is 2. The molecule has 0 saturated heterocycles. The molecule has 0 aliphatic heterocycles. The lowest BCUT2D eigenvalue weighted by Crippen LogP contribution is -2.35. The number of aromatic nitrogens is 4. The fraction of sp³-hybridized carbons (Fsp3) is 0.615. The van der Waals surface area contributed by atoms with Crippen molar-refractivity contribution < 1.29 is 52.3 Å². The van der Waals surface area contributed by atoms with Crippen LogP contribution in [0.1, 0.15) is 12.5 Å². The summed E-state index contributed by atoms with van der Waals surface area (Å²) < 4.78 is 45.0. The molecule has 0 spiro atoms. The van der Waals surface area contributed by atoms with E-state index < -0.39 is 65.1 Å². The molecular weight excluding hydrogens is 495 g/mol. The third kappa shape index (κ3) is 4.29. The zero-order chi connectivity index (χ0) is 23.7. The number of rotatable bonds is 8. The van der Waals surface area contributed by atoms with Gasteiger partial charge in [0.1, 0.15) is 17.9 Å². The van der Waals surface area contributed by atoms with Crippen molar-refractivity contribution in [3.63, 3.8) is 0 Å². The Labute approximate surface area is 179 Å². The number of nitrogen functional groups attached to an aromatic ring is 1. The maximum absolute atomic E-state index is 12.1. The van der Waals surface area contributed by atoms with Crippen molar-refractivity contribution >= 4 is 40.0 Å². The molecule has 2 saturated carbocycles. The average Bonchev–Trinajstić information content (AvgIpc) is 3.12. The summed E-state index contributed by atoms with van der Waals surface area (Å²) in [5.74, 6) is -2.00. The second-order valence-electron chi connectivity index (χ2n) is 7.82. The van der Waals surface area contributed by atoms with E-state index in [-0.39, 0.29) is 12.2 Å². The molecule has 7 atom stereocenters. The van der Waals surface area contributed by atoms with E-state index in [0.29, 0.717) is 11.2 Å². The molecule has 16 nitrogen and oxygen atoms in total. The average molecular weight is 515 g/mol. The van der Waals surface area contributed by atoms with Crippen LogP contribution in [0.25, 0.3) is 11.2 Å². The Balaban J connectivity index is 1.50. The summed E-state index contributed by atoms with van der Waals surface area (Å²) in [4.78, 5) is 48.8. The van der Waals surface area contributed by atoms with Crippen molar-refractivity contribution in [2.24, 2.45) is 11.3 Å². The molecule has 2 aliphatic carbocycles. The molecule has 178 valence electrons. The van der Waals surface area contributed by atoms with Crippen molar-refractivity contribution in [1.82, 2.24) is 19.5 Å². The number of nitrogens with zero attached hydrogens (tertiary/aromatic N) is 4. The van der Waals surface area contributed by atoms with Gasteiger partial charge in [-0.25, -0.2) is 23.8 Å². The van der Waals surface area contributed by atoms with Gasteiger partial charge in [0.25, 0.3) is 0 Å². The summed E-state index contributed by atoms with van der Waals surface area (Å²) in [6.07, 6.45) is 0.111. The molecule has 2 fully saturated rings. The van der Waals surface area contributed by atoms with E-state index in [9.17, 15) is 33.7 Å². The molecule has 0 amide bonds. The first kappa shape index (κ1) is 23.9. The van der Waals surface area contributed by atoms with Gasteiger partial charge in [0, 0.05) is 5.41 Å². The SMILES string of the molecule is Nc1ncnc2c1ncn2[C@H]1[C@H](O)[C@H](O)[C@]2(COP(=O)(O)OP(=O)(O)CP(=O)(O)O)C[C@H]12. The highest BCUT2D eigenvalue weighted by atomic mass is 31.3. The van der Waals surface area contributed by atoms with Crippen LogP contribution in [-0.4, -0.2) is 74.0 Å². The highest BCUT2D eigenvalue weighted by molar-refractivity contribution is 7.73. The Bertz CT molecular complexity index is 1200. The van der Waals surface area contributed by atoms with Gasteiger partial charge < -0.3 is 40.1 Å². The number of nitrogens with two attached hydrogens (primary N) is 1. The minimum absolute atomic E-state index is 0.120. The lowest BCUT2D eigenvalue weighted by atomic mass is 10.0. The van der Waals surface area contributed by atoms with E-state index in [1.165, 1.54) is 17.2 Å². The van der Waals surface area contributed by atoms with Crippen molar-refractivity contribution in [3.8, 4) is 0 Å². The monoisotopic (exact) mass is 515 g/mol. The van der Waals surface area contributed by atoms with Crippen LogP contribution in [0.2, 0.25) is 0 Å². The van der Waals surface area contributed by atoms with Gasteiger partial charge in [0.2, 0.25) is 0 Å². The lowest BCUT2D eigenvalue weighted by molar-refractivity contribution is -0.0296. The standard InChI is InChI=1S/C13H20N5O11P3/c14-11-7-12(16-3-15-11)18(4-17-7)8-6-1-13(6,10(20)9(8)19)2-28-32(26,27)29-31(24,25)5-30(21,22)23/h3-4,6,8-10,19-20H,1-2,5H2,(H,24,25)(H,26,27)(H2,14,15,16)(H2,21,22,23)/t6-,8-,9+,10+,13+/m1/s1. The molecule has 0 radical (unpaired) electrons. The molecule has 19 heteroatoms. The van der Waals surface area contributed by atoms with E-state index in [1.807, 2.05) is 0 Å². The summed E-state index contributed by atoms with van der Waals surface area (Å²) in [5, 5.41) is 21.2. The van der Waals surface area contributed by atoms with Crippen molar-refractivity contribution in [1.29, 1.82) is 0 Å². The Morgan fingerprint density at radius 2 is 1.84 bits per heavy atom. The molecule has 2 aliphatic rings. The second kappa shape index (κ2) is 7.62. The number of phosphoric acid groups is 1. The van der Waals surface area contributed by atoms with Crippen molar-refractivity contribution in [3.05, 3.63) is 12.7 Å². The normalized spacial score (nSPS) is 33.6. The number of hydrogen-bond acceptors (Lipinski definition) is 11. The first-order valence-electron chi connectivity index (χ1n) is 9.00. The van der Waals surface area contributed by atoms with Gasteiger partial charge in [0.05, 0.1) is 25.1 Å². The van der Waals surface area contributed by atoms with Gasteiger partial charge >= 0.3 is 23.0 Å². The van der Waals surface area contributed by atoms with Crippen LogP contribution >= 0.6 is 23.0 Å². The Morgan fingerprint density at radius 3 is 2.50 bits per heavy atom. The Morgan fingerprint density at radius 1 is 1.16 bits per heavy atom. The summed E-state index contributed by atoms with van der Waals surface area (Å²) in [6.45, 7) is -0.639. The van der Waals surface area contributed by atoms with Crippen molar-refractivity contribution in [2.75, 3.05) is 18.2 Å². The van der Waals surface area contributed by atoms with Crippen LogP contribution in [-0.2, 0) is 22.5 Å². The number of imidazole rings is 1. The quantitative estimate of drug-likeness (QED) is 0.211. The van der Waals surface area contributed by atoms with Crippen LogP contribution in [0.3, 0.4) is 0 Å². The topological polar surface area (TPSA) is 261 Å². The number of fused-ring (bicyclic) bond motifs is 2. The zero-order valence-corrected chi connectivity index (χ0v) is 18.7. The second-order valence-corrected chi connectivity index (χ2v) is 13.4. The highest BCUT2D eigenvalue weighted by Crippen LogP contribution is 2.70. The predicted molar refractivity (Wildman–Crippen MR) is 105 cm³/mol. The Kier molecular flexibility index (Phi) is 5.68.